The van der Waals surface area contributed by atoms with Gasteiger partial charge in [0.1, 0.15) is 0 Å². The summed E-state index contributed by atoms with van der Waals surface area (Å²) >= 11 is 0. The van der Waals surface area contributed by atoms with Crippen molar-refractivity contribution in [2.75, 3.05) is 46.3 Å². The summed E-state index contributed by atoms with van der Waals surface area (Å²) in [6.07, 6.45) is 5.35. The van der Waals surface area contributed by atoms with Gasteiger partial charge in [-0.1, -0.05) is 6.92 Å². The van der Waals surface area contributed by atoms with Gasteiger partial charge in [-0.3, -0.25) is 0 Å². The van der Waals surface area contributed by atoms with E-state index in [0.29, 0.717) is 5.54 Å². The Kier molecular flexibility index (Phi) is 5.05. The highest BCUT2D eigenvalue weighted by Crippen LogP contribution is 2.20. The minimum Gasteiger partial charge on any atom is -0.310 e. The maximum Gasteiger partial charge on any atom is 0.0277 e. The number of hydrogen-bond donors (Lipinski definition) is 1. The van der Waals surface area contributed by atoms with E-state index < -0.39 is 0 Å². The lowest BCUT2D eigenvalue weighted by Gasteiger charge is -2.37. The Bertz CT molecular complexity index is 256. The zero-order chi connectivity index (χ0) is 13.0. The van der Waals surface area contributed by atoms with Crippen molar-refractivity contribution in [3.63, 3.8) is 0 Å². The second kappa shape index (κ2) is 6.36. The first kappa shape index (κ1) is 14.3. The molecule has 2 unspecified atom stereocenters. The van der Waals surface area contributed by atoms with Crippen LogP contribution in [0.15, 0.2) is 0 Å². The average molecular weight is 253 g/mol. The van der Waals surface area contributed by atoms with Crippen molar-refractivity contribution in [2.45, 2.75) is 45.1 Å². The standard InChI is InChI=1S/C15H31N3/c1-4-15(2)13-18(10-6-8-16-15)12-14-7-5-9-17(3)11-14/h14,16H,4-13H2,1-3H3. The molecule has 0 aromatic heterocycles. The molecule has 0 spiro atoms. The van der Waals surface area contributed by atoms with Gasteiger partial charge in [-0.2, -0.15) is 0 Å². The summed E-state index contributed by atoms with van der Waals surface area (Å²) in [6.45, 7) is 12.3. The van der Waals surface area contributed by atoms with Gasteiger partial charge in [0, 0.05) is 25.2 Å². The largest absolute Gasteiger partial charge is 0.310 e. The number of nitrogens with one attached hydrogen (secondary N) is 1. The van der Waals surface area contributed by atoms with Crippen LogP contribution in [0.2, 0.25) is 0 Å². The highest BCUT2D eigenvalue weighted by atomic mass is 15.2. The molecule has 3 nitrogen and oxygen atoms in total. The molecule has 0 aromatic rings. The number of likely N-dealkylation sites (tertiary alicyclic amines) is 1. The van der Waals surface area contributed by atoms with Gasteiger partial charge < -0.3 is 15.1 Å². The summed E-state index contributed by atoms with van der Waals surface area (Å²) in [5.74, 6) is 0.892. The molecule has 2 atom stereocenters. The Morgan fingerprint density at radius 1 is 1.28 bits per heavy atom. The van der Waals surface area contributed by atoms with Gasteiger partial charge in [-0.05, 0) is 65.2 Å². The van der Waals surface area contributed by atoms with E-state index in [4.69, 9.17) is 0 Å². The van der Waals surface area contributed by atoms with Crippen LogP contribution in [0.3, 0.4) is 0 Å². The molecule has 0 amide bonds. The molecule has 18 heavy (non-hydrogen) atoms. The fourth-order valence-electron chi connectivity index (χ4n) is 3.50. The molecule has 0 bridgehead atoms. The lowest BCUT2D eigenvalue weighted by molar-refractivity contribution is 0.136. The van der Waals surface area contributed by atoms with Gasteiger partial charge in [-0.15, -0.1) is 0 Å². The van der Waals surface area contributed by atoms with E-state index in [2.05, 4.69) is 36.0 Å². The Labute approximate surface area is 113 Å². The first-order chi connectivity index (χ1) is 8.61. The summed E-state index contributed by atoms with van der Waals surface area (Å²) in [5, 5.41) is 3.73. The third kappa shape index (κ3) is 3.94. The number of nitrogens with zero attached hydrogens (tertiary/aromatic N) is 2. The highest BCUT2D eigenvalue weighted by molar-refractivity contribution is 4.89. The van der Waals surface area contributed by atoms with Crippen molar-refractivity contribution in [1.29, 1.82) is 0 Å². The molecule has 0 aromatic carbocycles. The third-order valence-corrected chi connectivity index (χ3v) is 4.79. The van der Waals surface area contributed by atoms with Crippen LogP contribution in [0, 0.1) is 5.92 Å². The molecule has 0 saturated carbocycles. The minimum absolute atomic E-state index is 0.330. The van der Waals surface area contributed by atoms with Crippen molar-refractivity contribution in [3.05, 3.63) is 0 Å². The second-order valence-electron chi connectivity index (χ2n) is 6.70. The van der Waals surface area contributed by atoms with Crippen LogP contribution in [-0.4, -0.2) is 61.7 Å². The van der Waals surface area contributed by atoms with Crippen molar-refractivity contribution in [3.8, 4) is 0 Å². The van der Waals surface area contributed by atoms with E-state index in [1.54, 1.807) is 0 Å². The van der Waals surface area contributed by atoms with Crippen molar-refractivity contribution >= 4 is 0 Å². The number of piperidine rings is 1. The zero-order valence-corrected chi connectivity index (χ0v) is 12.5. The zero-order valence-electron chi connectivity index (χ0n) is 12.5. The van der Waals surface area contributed by atoms with E-state index in [9.17, 15) is 0 Å². The van der Waals surface area contributed by atoms with Gasteiger partial charge in [0.15, 0.2) is 0 Å². The van der Waals surface area contributed by atoms with E-state index in [-0.39, 0.29) is 0 Å². The molecule has 2 rings (SSSR count). The Hall–Kier alpha value is -0.120. The SMILES string of the molecule is CCC1(C)CN(CC2CCCN(C)C2)CCCN1. The van der Waals surface area contributed by atoms with Gasteiger partial charge in [0.2, 0.25) is 0 Å². The Morgan fingerprint density at radius 2 is 2.11 bits per heavy atom. The minimum atomic E-state index is 0.330. The quantitative estimate of drug-likeness (QED) is 0.827. The molecular formula is C15H31N3. The normalized spacial score (nSPS) is 36.5. The van der Waals surface area contributed by atoms with Gasteiger partial charge >= 0.3 is 0 Å². The lowest BCUT2D eigenvalue weighted by Crippen LogP contribution is -2.50. The molecule has 1 N–H and O–H groups in total. The summed E-state index contributed by atoms with van der Waals surface area (Å²) in [4.78, 5) is 5.22. The summed E-state index contributed by atoms with van der Waals surface area (Å²) in [7, 11) is 2.27. The summed E-state index contributed by atoms with van der Waals surface area (Å²) < 4.78 is 0. The van der Waals surface area contributed by atoms with Crippen molar-refractivity contribution in [1.82, 2.24) is 15.1 Å². The third-order valence-electron chi connectivity index (χ3n) is 4.79. The van der Waals surface area contributed by atoms with Crippen LogP contribution in [-0.2, 0) is 0 Å². The number of hydrogen-bond acceptors (Lipinski definition) is 3. The predicted molar refractivity (Wildman–Crippen MR) is 78.0 cm³/mol. The van der Waals surface area contributed by atoms with Crippen molar-refractivity contribution in [2.24, 2.45) is 5.92 Å². The smallest absolute Gasteiger partial charge is 0.0277 e. The molecule has 2 aliphatic heterocycles. The Balaban J connectivity index is 1.87. The fourth-order valence-corrected chi connectivity index (χ4v) is 3.50. The number of rotatable bonds is 3. The molecule has 2 saturated heterocycles. The molecule has 2 fully saturated rings. The van der Waals surface area contributed by atoms with Gasteiger partial charge in [-0.25, -0.2) is 0 Å². The molecule has 0 radical (unpaired) electrons. The van der Waals surface area contributed by atoms with E-state index in [1.807, 2.05) is 0 Å². The molecular weight excluding hydrogens is 222 g/mol. The fraction of sp³-hybridized carbons (Fsp3) is 1.00. The van der Waals surface area contributed by atoms with Gasteiger partial charge in [0.25, 0.3) is 0 Å². The van der Waals surface area contributed by atoms with Crippen LogP contribution in [0.1, 0.15) is 39.5 Å². The molecule has 2 heterocycles. The van der Waals surface area contributed by atoms with Crippen LogP contribution < -0.4 is 5.32 Å². The molecule has 0 aliphatic carbocycles. The van der Waals surface area contributed by atoms with Crippen LogP contribution in [0.25, 0.3) is 0 Å². The van der Waals surface area contributed by atoms with Crippen LogP contribution >= 0.6 is 0 Å². The second-order valence-corrected chi connectivity index (χ2v) is 6.70. The summed E-state index contributed by atoms with van der Waals surface area (Å²) in [5.41, 5.74) is 0.330. The highest BCUT2D eigenvalue weighted by Gasteiger charge is 2.29. The predicted octanol–water partition coefficient (Wildman–Crippen LogP) is 1.79. The van der Waals surface area contributed by atoms with Gasteiger partial charge in [0.05, 0.1) is 0 Å². The van der Waals surface area contributed by atoms with Crippen LogP contribution in [0.4, 0.5) is 0 Å². The average Bonchev–Trinajstić information content (AvgIpc) is 2.52. The summed E-state index contributed by atoms with van der Waals surface area (Å²) in [6, 6.07) is 0. The first-order valence-electron chi connectivity index (χ1n) is 7.77. The first-order valence-corrected chi connectivity index (χ1v) is 7.77. The topological polar surface area (TPSA) is 18.5 Å². The Morgan fingerprint density at radius 3 is 2.83 bits per heavy atom. The van der Waals surface area contributed by atoms with E-state index in [1.165, 1.54) is 65.0 Å². The lowest BCUT2D eigenvalue weighted by atomic mass is 9.95. The maximum atomic E-state index is 3.73. The van der Waals surface area contributed by atoms with E-state index >= 15 is 0 Å². The molecule has 3 heteroatoms. The van der Waals surface area contributed by atoms with E-state index in [0.717, 1.165) is 5.92 Å². The molecule has 2 aliphatic rings. The van der Waals surface area contributed by atoms with Crippen LogP contribution in [0.5, 0.6) is 0 Å². The van der Waals surface area contributed by atoms with Crippen molar-refractivity contribution < 1.29 is 0 Å². The maximum absolute atomic E-state index is 3.73. The monoisotopic (exact) mass is 253 g/mol. The molecule has 106 valence electrons.